The normalized spacial score (nSPS) is 12.3. The van der Waals surface area contributed by atoms with Gasteiger partial charge in [-0.2, -0.15) is 0 Å². The van der Waals surface area contributed by atoms with Crippen LogP contribution in [0.4, 0.5) is 0 Å². The van der Waals surface area contributed by atoms with Crippen molar-refractivity contribution in [1.29, 1.82) is 0 Å². The van der Waals surface area contributed by atoms with Gasteiger partial charge in [-0.05, 0) is 96.3 Å². The lowest BCUT2D eigenvalue weighted by Gasteiger charge is -2.18. The van der Waals surface area contributed by atoms with Gasteiger partial charge in [0.25, 0.3) is 0 Å². The average Bonchev–Trinajstić information content (AvgIpc) is 3.42. The zero-order chi connectivity index (χ0) is 55.0. The Kier molecular flexibility index (Phi) is 62.6. The molecule has 0 fully saturated rings. The summed E-state index contributed by atoms with van der Waals surface area (Å²) in [6.07, 6.45) is 81.6. The average molecular weight is 1070 g/mol. The van der Waals surface area contributed by atoms with Gasteiger partial charge in [-0.3, -0.25) is 14.4 Å². The molecule has 0 spiro atoms. The second-order valence-corrected chi connectivity index (χ2v) is 22.7. The van der Waals surface area contributed by atoms with E-state index in [4.69, 9.17) is 14.2 Å². The van der Waals surface area contributed by atoms with E-state index in [1.54, 1.807) is 0 Å². The standard InChI is InChI=1S/C70H128O6/c1-4-7-10-13-16-19-22-24-26-27-28-29-30-31-32-33-34-35-36-37-38-39-40-41-42-43-45-46-48-51-54-57-60-63-69(72)75-66-67(65-74-68(71)62-59-56-53-50-21-18-15-12-9-6-3)76-70(73)64-61-58-55-52-49-47-44-25-23-20-17-14-11-8-5-2/h12,15,22,24-25,27-28,44,67H,4-11,13-14,16-21,23,26,29-43,45-66H2,1-3H3/b15-12-,24-22-,28-27-,44-25-. The fourth-order valence-electron chi connectivity index (χ4n) is 9.94. The molecule has 6 heteroatoms. The van der Waals surface area contributed by atoms with Gasteiger partial charge >= 0.3 is 17.9 Å². The van der Waals surface area contributed by atoms with E-state index in [2.05, 4.69) is 69.4 Å². The summed E-state index contributed by atoms with van der Waals surface area (Å²) >= 11 is 0. The summed E-state index contributed by atoms with van der Waals surface area (Å²) in [6.45, 7) is 6.59. The summed E-state index contributed by atoms with van der Waals surface area (Å²) in [7, 11) is 0. The number of esters is 3. The van der Waals surface area contributed by atoms with Crippen molar-refractivity contribution in [3.05, 3.63) is 48.6 Å². The molecule has 1 atom stereocenters. The van der Waals surface area contributed by atoms with Crippen LogP contribution < -0.4 is 0 Å². The van der Waals surface area contributed by atoms with Crippen LogP contribution in [0.25, 0.3) is 0 Å². The molecule has 0 aliphatic heterocycles. The number of unbranched alkanes of at least 4 members (excludes halogenated alkanes) is 43. The molecule has 0 aromatic carbocycles. The minimum atomic E-state index is -0.778. The molecule has 0 aromatic rings. The van der Waals surface area contributed by atoms with E-state index in [1.165, 1.54) is 238 Å². The molecule has 0 aliphatic carbocycles. The van der Waals surface area contributed by atoms with Crippen LogP contribution in [-0.4, -0.2) is 37.2 Å². The molecule has 0 aliphatic rings. The SMILES string of the molecule is CCC/C=C\CCCCCCCC(=O)OCC(COC(=O)CCCCCCCCCCCCCCCCCCCCCCC/C=C\C/C=C\CCCCCCC)OC(=O)CCCCCCC/C=C\CCCCCCCC. The molecule has 444 valence electrons. The van der Waals surface area contributed by atoms with Gasteiger partial charge in [0.1, 0.15) is 13.2 Å². The minimum absolute atomic E-state index is 0.0752. The van der Waals surface area contributed by atoms with Crippen LogP contribution in [0.3, 0.4) is 0 Å². The lowest BCUT2D eigenvalue weighted by atomic mass is 10.0. The van der Waals surface area contributed by atoms with Crippen LogP contribution in [0.15, 0.2) is 48.6 Å². The Labute approximate surface area is 473 Å². The third-order valence-electron chi connectivity index (χ3n) is 15.0. The number of allylic oxidation sites excluding steroid dienone is 8. The highest BCUT2D eigenvalue weighted by molar-refractivity contribution is 5.71. The van der Waals surface area contributed by atoms with E-state index >= 15 is 0 Å². The number of carbonyl (C=O) groups excluding carboxylic acids is 3. The molecule has 6 nitrogen and oxygen atoms in total. The minimum Gasteiger partial charge on any atom is -0.462 e. The molecule has 0 radical (unpaired) electrons. The first-order valence-corrected chi connectivity index (χ1v) is 33.6. The molecule has 1 unspecified atom stereocenters. The highest BCUT2D eigenvalue weighted by Crippen LogP contribution is 2.18. The maximum absolute atomic E-state index is 12.9. The van der Waals surface area contributed by atoms with Crippen LogP contribution in [0.5, 0.6) is 0 Å². The molecular formula is C70H128O6. The van der Waals surface area contributed by atoms with Crippen molar-refractivity contribution < 1.29 is 28.6 Å². The van der Waals surface area contributed by atoms with Gasteiger partial charge in [-0.25, -0.2) is 0 Å². The number of ether oxygens (including phenoxy) is 3. The smallest absolute Gasteiger partial charge is 0.306 e. The highest BCUT2D eigenvalue weighted by Gasteiger charge is 2.19. The van der Waals surface area contributed by atoms with E-state index in [9.17, 15) is 14.4 Å². The van der Waals surface area contributed by atoms with E-state index in [-0.39, 0.29) is 31.1 Å². The van der Waals surface area contributed by atoms with Crippen molar-refractivity contribution >= 4 is 17.9 Å². The molecule has 0 heterocycles. The first-order valence-electron chi connectivity index (χ1n) is 33.6. The largest absolute Gasteiger partial charge is 0.462 e. The van der Waals surface area contributed by atoms with Crippen molar-refractivity contribution in [3.8, 4) is 0 Å². The number of carbonyl (C=O) groups is 3. The van der Waals surface area contributed by atoms with Gasteiger partial charge in [-0.15, -0.1) is 0 Å². The summed E-state index contributed by atoms with van der Waals surface area (Å²) < 4.78 is 16.9. The van der Waals surface area contributed by atoms with Crippen molar-refractivity contribution in [3.63, 3.8) is 0 Å². The molecule has 0 amide bonds. The molecule has 0 bridgehead atoms. The van der Waals surface area contributed by atoms with Crippen LogP contribution >= 0.6 is 0 Å². The van der Waals surface area contributed by atoms with Crippen LogP contribution in [-0.2, 0) is 28.6 Å². The molecule has 0 N–H and O–H groups in total. The molecular weight excluding hydrogens is 937 g/mol. The second kappa shape index (κ2) is 64.9. The van der Waals surface area contributed by atoms with E-state index < -0.39 is 6.10 Å². The zero-order valence-electron chi connectivity index (χ0n) is 51.0. The first kappa shape index (κ1) is 73.4. The van der Waals surface area contributed by atoms with E-state index in [1.807, 2.05) is 0 Å². The lowest BCUT2D eigenvalue weighted by Crippen LogP contribution is -2.30. The van der Waals surface area contributed by atoms with Gasteiger partial charge in [0.2, 0.25) is 0 Å². The van der Waals surface area contributed by atoms with Gasteiger partial charge in [0, 0.05) is 19.3 Å². The molecule has 0 aromatic heterocycles. The van der Waals surface area contributed by atoms with Crippen LogP contribution in [0.2, 0.25) is 0 Å². The highest BCUT2D eigenvalue weighted by atomic mass is 16.6. The quantitative estimate of drug-likeness (QED) is 0.0261. The van der Waals surface area contributed by atoms with Crippen molar-refractivity contribution in [2.75, 3.05) is 13.2 Å². The first-order chi connectivity index (χ1) is 37.5. The van der Waals surface area contributed by atoms with Gasteiger partial charge < -0.3 is 14.2 Å². The summed E-state index contributed by atoms with van der Waals surface area (Å²) in [5.74, 6) is -0.876. The fraction of sp³-hybridized carbons (Fsp3) is 0.843. The van der Waals surface area contributed by atoms with Crippen LogP contribution in [0.1, 0.15) is 361 Å². The Bertz CT molecular complexity index is 1310. The van der Waals surface area contributed by atoms with Gasteiger partial charge in [0.05, 0.1) is 0 Å². The molecule has 0 rings (SSSR count). The van der Waals surface area contributed by atoms with Crippen LogP contribution in [0, 0.1) is 0 Å². The fourth-order valence-corrected chi connectivity index (χ4v) is 9.94. The Balaban J connectivity index is 4.04. The Morgan fingerprint density at radius 1 is 0.263 bits per heavy atom. The topological polar surface area (TPSA) is 78.9 Å². The Morgan fingerprint density at radius 3 is 0.789 bits per heavy atom. The predicted octanol–water partition coefficient (Wildman–Crippen LogP) is 22.9. The van der Waals surface area contributed by atoms with Crippen molar-refractivity contribution in [2.24, 2.45) is 0 Å². The van der Waals surface area contributed by atoms with Crippen molar-refractivity contribution in [2.45, 2.75) is 367 Å². The number of hydrogen-bond donors (Lipinski definition) is 0. The molecule has 0 saturated heterocycles. The monoisotopic (exact) mass is 1060 g/mol. The van der Waals surface area contributed by atoms with Gasteiger partial charge in [-0.1, -0.05) is 294 Å². The maximum Gasteiger partial charge on any atom is 0.306 e. The Morgan fingerprint density at radius 2 is 0.500 bits per heavy atom. The lowest BCUT2D eigenvalue weighted by molar-refractivity contribution is -0.167. The molecule has 0 saturated carbocycles. The van der Waals surface area contributed by atoms with Gasteiger partial charge in [0.15, 0.2) is 6.10 Å². The third kappa shape index (κ3) is 62.2. The summed E-state index contributed by atoms with van der Waals surface area (Å²) in [6, 6.07) is 0. The van der Waals surface area contributed by atoms with Crippen molar-refractivity contribution in [1.82, 2.24) is 0 Å². The number of hydrogen-bond acceptors (Lipinski definition) is 6. The summed E-state index contributed by atoms with van der Waals surface area (Å²) in [5, 5.41) is 0. The number of rotatable bonds is 62. The third-order valence-corrected chi connectivity index (χ3v) is 15.0. The summed E-state index contributed by atoms with van der Waals surface area (Å²) in [4.78, 5) is 38.2. The van der Waals surface area contributed by atoms with E-state index in [0.717, 1.165) is 83.5 Å². The zero-order valence-corrected chi connectivity index (χ0v) is 51.0. The maximum atomic E-state index is 12.9. The predicted molar refractivity (Wildman–Crippen MR) is 330 cm³/mol. The second-order valence-electron chi connectivity index (χ2n) is 22.7. The van der Waals surface area contributed by atoms with E-state index in [0.29, 0.717) is 19.3 Å². The summed E-state index contributed by atoms with van der Waals surface area (Å²) in [5.41, 5.74) is 0. The molecule has 76 heavy (non-hydrogen) atoms. The Hall–Kier alpha value is -2.63.